The molecular formula is C57H60BN5OS. The van der Waals surface area contributed by atoms with E-state index in [0.29, 0.717) is 34.5 Å². The molecule has 1 aromatic carbocycles. The van der Waals surface area contributed by atoms with Crippen molar-refractivity contribution < 1.29 is 4.42 Å². The number of allylic oxidation sites excluding steroid dienone is 21. The maximum atomic E-state index is 6.46. The molecule has 6 nitrogen and oxygen atoms in total. The van der Waals surface area contributed by atoms with Gasteiger partial charge in [0.2, 0.25) is 5.89 Å². The number of fused-ring (bicyclic) bond motifs is 1. The van der Waals surface area contributed by atoms with Crippen molar-refractivity contribution in [2.45, 2.75) is 62.2 Å². The van der Waals surface area contributed by atoms with E-state index in [0.717, 1.165) is 68.9 Å². The first kappa shape index (κ1) is 48.9. The number of oxazole rings is 1. The van der Waals surface area contributed by atoms with Gasteiger partial charge in [-0.1, -0.05) is 130 Å². The van der Waals surface area contributed by atoms with Crippen molar-refractivity contribution in [1.29, 1.82) is 0 Å². The molecule has 0 saturated heterocycles. The third kappa shape index (κ3) is 10.6. The summed E-state index contributed by atoms with van der Waals surface area (Å²) < 4.78 is 8.69. The maximum absolute atomic E-state index is 6.46. The minimum atomic E-state index is 0.475. The van der Waals surface area contributed by atoms with Gasteiger partial charge in [0.15, 0.2) is 30.3 Å². The summed E-state index contributed by atoms with van der Waals surface area (Å²) in [6.07, 6.45) is 37.9. The number of thiophene rings is 1. The topological polar surface area (TPSA) is 69.6 Å². The van der Waals surface area contributed by atoms with Gasteiger partial charge >= 0.3 is 0 Å². The van der Waals surface area contributed by atoms with Gasteiger partial charge in [-0.25, -0.2) is 19.9 Å². The number of aromatic nitrogens is 5. The number of hydrogen-bond donors (Lipinski definition) is 0. The summed E-state index contributed by atoms with van der Waals surface area (Å²) in [6, 6.07) is 5.83. The lowest BCUT2D eigenvalue weighted by molar-refractivity contribution is 0.585. The van der Waals surface area contributed by atoms with Crippen LogP contribution < -0.4 is 5.46 Å². The van der Waals surface area contributed by atoms with Gasteiger partial charge in [0.05, 0.1) is 0 Å². The number of nitrogens with zero attached hydrogens (tertiary/aromatic N) is 5. The van der Waals surface area contributed by atoms with Crippen LogP contribution in [0.4, 0.5) is 0 Å². The Morgan fingerprint density at radius 3 is 1.98 bits per heavy atom. The lowest BCUT2D eigenvalue weighted by Crippen LogP contribution is -2.16. The molecule has 0 unspecified atom stereocenters. The normalized spacial score (nSPS) is 13.5. The highest BCUT2D eigenvalue weighted by atomic mass is 32.1. The molecule has 0 aliphatic rings. The largest absolute Gasteiger partial charge is 0.436 e. The third-order valence-corrected chi connectivity index (χ3v) is 12.2. The smallest absolute Gasteiger partial charge is 0.227 e. The van der Waals surface area contributed by atoms with Gasteiger partial charge in [-0.2, -0.15) is 0 Å². The van der Waals surface area contributed by atoms with Crippen LogP contribution in [0, 0.1) is 13.8 Å². The fourth-order valence-electron chi connectivity index (χ4n) is 7.51. The average Bonchev–Trinajstić information content (AvgIpc) is 3.97. The quantitative estimate of drug-likeness (QED) is 0.0611. The highest BCUT2D eigenvalue weighted by molar-refractivity contribution is 7.15. The van der Waals surface area contributed by atoms with Crippen molar-refractivity contribution in [3.63, 3.8) is 0 Å². The molecule has 65 heavy (non-hydrogen) atoms. The van der Waals surface area contributed by atoms with Gasteiger partial charge in [-0.15, -0.1) is 11.3 Å². The average molecular weight is 874 g/mol. The molecule has 0 fully saturated rings. The van der Waals surface area contributed by atoms with Gasteiger partial charge < -0.3 is 8.98 Å². The SMILES string of the molecule is C=C/C=C\C(=C/C)c1nc(C(/C=C\C)=C/C)nc(-c2ccc3oc(C(=C/C)/C=C(\C=C)n4c(/C=C\C)c(C)c(C)c4/C=C\C(=C)/C(=C/C=C)c4sc(/C=C\C)c(C=C)c4BC)nc3c2)n1. The van der Waals surface area contributed by atoms with E-state index in [2.05, 4.69) is 107 Å². The summed E-state index contributed by atoms with van der Waals surface area (Å²) in [5, 5.41) is 0. The molecule has 0 radical (unpaired) electrons. The summed E-state index contributed by atoms with van der Waals surface area (Å²) in [7, 11) is 0.869. The first-order valence-corrected chi connectivity index (χ1v) is 22.7. The van der Waals surface area contributed by atoms with Gasteiger partial charge in [-0.3, -0.25) is 0 Å². The predicted molar refractivity (Wildman–Crippen MR) is 289 cm³/mol. The van der Waals surface area contributed by atoms with Crippen LogP contribution in [0.25, 0.3) is 74.8 Å². The van der Waals surface area contributed by atoms with Crippen LogP contribution in [-0.4, -0.2) is 31.8 Å². The summed E-state index contributed by atoms with van der Waals surface area (Å²) >= 11 is 1.76. The molecule has 8 heteroatoms. The highest BCUT2D eigenvalue weighted by Crippen LogP contribution is 2.35. The van der Waals surface area contributed by atoms with Crippen molar-refractivity contribution in [1.82, 2.24) is 24.5 Å². The van der Waals surface area contributed by atoms with Crippen LogP contribution in [0.5, 0.6) is 0 Å². The Kier molecular flexibility index (Phi) is 17.3. The molecule has 5 aromatic rings. The molecule has 0 amide bonds. The lowest BCUT2D eigenvalue weighted by Gasteiger charge is -2.13. The molecule has 328 valence electrons. The monoisotopic (exact) mass is 873 g/mol. The first-order valence-electron chi connectivity index (χ1n) is 21.9. The van der Waals surface area contributed by atoms with Crippen molar-refractivity contribution >= 4 is 87.5 Å². The second-order valence-corrected chi connectivity index (χ2v) is 15.9. The Bertz CT molecular complexity index is 2970. The van der Waals surface area contributed by atoms with E-state index in [-0.39, 0.29) is 0 Å². The first-order chi connectivity index (χ1) is 31.5. The zero-order chi connectivity index (χ0) is 47.2. The Balaban J connectivity index is 1.60. The maximum Gasteiger partial charge on any atom is 0.227 e. The summed E-state index contributed by atoms with van der Waals surface area (Å²) in [6.45, 7) is 39.4. The van der Waals surface area contributed by atoms with Crippen molar-refractivity contribution in [2.24, 2.45) is 0 Å². The molecule has 0 aliphatic heterocycles. The van der Waals surface area contributed by atoms with E-state index in [4.69, 9.17) is 24.4 Å². The molecule has 0 N–H and O–H groups in total. The molecule has 5 rings (SSSR count). The molecule has 0 spiro atoms. The van der Waals surface area contributed by atoms with Gasteiger partial charge in [0.25, 0.3) is 0 Å². The zero-order valence-electron chi connectivity index (χ0n) is 39.5. The molecule has 0 saturated carbocycles. The summed E-state index contributed by atoms with van der Waals surface area (Å²) in [5.74, 6) is 2.13. The molecule has 0 bridgehead atoms. The van der Waals surface area contributed by atoms with E-state index in [9.17, 15) is 0 Å². The number of rotatable bonds is 19. The van der Waals surface area contributed by atoms with E-state index >= 15 is 0 Å². The van der Waals surface area contributed by atoms with Gasteiger partial charge in [-0.05, 0) is 132 Å². The number of hydrogen-bond acceptors (Lipinski definition) is 6. The Hall–Kier alpha value is -7.16. The minimum absolute atomic E-state index is 0.475. The Morgan fingerprint density at radius 2 is 1.42 bits per heavy atom. The second-order valence-electron chi connectivity index (χ2n) is 14.9. The Labute approximate surface area is 391 Å². The van der Waals surface area contributed by atoms with Crippen LogP contribution in [0.1, 0.15) is 96.9 Å². The standard InChI is InChI=1S/C57H60BN5OS/c1-15-25-30-41(21-7)55-60-54(40(20-6)26-16-2)61-56(62-55)43-32-34-50-47(36-43)59-57(64-50)42(22-8)35-44(23-9)63-48(28-18-4)38(12)39(13)49(63)33-31-37(11)46(27-17-3)53-52(58-14)45(24-10)51(65-53)29-19-5/h15-36,58H,1,3,9-11H2,2,4-8,12-14H3/b26-16-,28-18-,29-19-,30-25-,33-31-,40-20+,41-21+,42-22+,44-35+,46-27-. The van der Waals surface area contributed by atoms with Crippen LogP contribution >= 0.6 is 11.3 Å². The minimum Gasteiger partial charge on any atom is -0.436 e. The fourth-order valence-corrected chi connectivity index (χ4v) is 8.94. The van der Waals surface area contributed by atoms with Gasteiger partial charge in [0, 0.05) is 49.1 Å². The van der Waals surface area contributed by atoms with Crippen LogP contribution in [0.15, 0.2) is 152 Å². The predicted octanol–water partition coefficient (Wildman–Crippen LogP) is 15.1. The van der Waals surface area contributed by atoms with Crippen molar-refractivity contribution in [3.05, 3.63) is 203 Å². The van der Waals surface area contributed by atoms with E-state index < -0.39 is 0 Å². The highest BCUT2D eigenvalue weighted by Gasteiger charge is 2.21. The molecule has 4 aromatic heterocycles. The van der Waals surface area contributed by atoms with Crippen LogP contribution in [-0.2, 0) is 0 Å². The molecule has 0 aliphatic carbocycles. The molecule has 4 heterocycles. The zero-order valence-corrected chi connectivity index (χ0v) is 40.3. The van der Waals surface area contributed by atoms with Crippen molar-refractivity contribution in [3.8, 4) is 11.4 Å². The van der Waals surface area contributed by atoms with Crippen LogP contribution in [0.2, 0.25) is 6.82 Å². The molecule has 0 atom stereocenters. The van der Waals surface area contributed by atoms with E-state index in [1.807, 2.05) is 121 Å². The van der Waals surface area contributed by atoms with E-state index in [1.54, 1.807) is 17.4 Å². The third-order valence-electron chi connectivity index (χ3n) is 10.9. The van der Waals surface area contributed by atoms with Gasteiger partial charge in [0.1, 0.15) is 5.52 Å². The number of benzene rings is 1. The second kappa shape index (κ2) is 23.0. The molecular weight excluding hydrogens is 814 g/mol. The van der Waals surface area contributed by atoms with Crippen LogP contribution in [0.3, 0.4) is 0 Å². The Morgan fingerprint density at radius 1 is 0.754 bits per heavy atom. The van der Waals surface area contributed by atoms with E-state index in [1.165, 1.54) is 20.8 Å². The van der Waals surface area contributed by atoms with Crippen molar-refractivity contribution in [2.75, 3.05) is 0 Å². The summed E-state index contributed by atoms with van der Waals surface area (Å²) in [5.41, 5.74) is 14.2. The summed E-state index contributed by atoms with van der Waals surface area (Å²) in [4.78, 5) is 22.1. The fraction of sp³-hybridized carbons (Fsp3) is 0.158. The lowest BCUT2D eigenvalue weighted by atomic mass is 9.69.